The fourth-order valence-corrected chi connectivity index (χ4v) is 1.31. The Balaban J connectivity index is 2.38. The molecule has 0 aliphatic carbocycles. The van der Waals surface area contributed by atoms with Crippen molar-refractivity contribution in [1.82, 2.24) is 0 Å². The molecule has 0 amide bonds. The first-order chi connectivity index (χ1) is 6.35. The minimum absolute atomic E-state index is 0.220. The SMILES string of the molecule is CNc1ccc(C2CO2)cc1C#N. The number of anilines is 1. The van der Waals surface area contributed by atoms with Crippen molar-refractivity contribution < 1.29 is 4.74 Å². The molecule has 1 unspecified atom stereocenters. The molecule has 1 saturated heterocycles. The Kier molecular flexibility index (Phi) is 1.91. The van der Waals surface area contributed by atoms with Crippen LogP contribution >= 0.6 is 0 Å². The Labute approximate surface area is 76.9 Å². The van der Waals surface area contributed by atoms with Crippen LogP contribution in [0.5, 0.6) is 0 Å². The van der Waals surface area contributed by atoms with Gasteiger partial charge in [-0.3, -0.25) is 0 Å². The molecule has 3 nitrogen and oxygen atoms in total. The zero-order chi connectivity index (χ0) is 9.26. The van der Waals surface area contributed by atoms with E-state index in [1.54, 1.807) is 0 Å². The molecule has 0 aromatic heterocycles. The molecule has 1 aromatic carbocycles. The number of ether oxygens (including phenoxy) is 1. The largest absolute Gasteiger partial charge is 0.387 e. The molecule has 0 radical (unpaired) electrons. The van der Waals surface area contributed by atoms with E-state index >= 15 is 0 Å². The van der Waals surface area contributed by atoms with Gasteiger partial charge in [-0.1, -0.05) is 6.07 Å². The van der Waals surface area contributed by atoms with Crippen LogP contribution in [0.3, 0.4) is 0 Å². The lowest BCUT2D eigenvalue weighted by atomic mass is 10.1. The van der Waals surface area contributed by atoms with Crippen LogP contribution in [0.25, 0.3) is 0 Å². The maximum Gasteiger partial charge on any atom is 0.106 e. The van der Waals surface area contributed by atoms with Gasteiger partial charge >= 0.3 is 0 Å². The highest BCUT2D eigenvalue weighted by Gasteiger charge is 2.25. The van der Waals surface area contributed by atoms with Crippen LogP contribution < -0.4 is 5.32 Å². The smallest absolute Gasteiger partial charge is 0.106 e. The Morgan fingerprint density at radius 1 is 1.62 bits per heavy atom. The first-order valence-corrected chi connectivity index (χ1v) is 4.18. The molecule has 0 spiro atoms. The lowest BCUT2D eigenvalue weighted by molar-refractivity contribution is 0.415. The summed E-state index contributed by atoms with van der Waals surface area (Å²) in [6.45, 7) is 0.782. The van der Waals surface area contributed by atoms with Gasteiger partial charge in [0, 0.05) is 7.05 Å². The third-order valence-electron chi connectivity index (χ3n) is 2.14. The molecule has 1 aliphatic heterocycles. The van der Waals surface area contributed by atoms with Crippen LogP contribution in [-0.4, -0.2) is 13.7 Å². The maximum atomic E-state index is 8.85. The molecule has 13 heavy (non-hydrogen) atoms. The highest BCUT2D eigenvalue weighted by Crippen LogP contribution is 2.31. The standard InChI is InChI=1S/C10H10N2O/c1-12-9-3-2-7(10-6-13-10)4-8(9)5-11/h2-4,10,12H,6H2,1H3. The predicted octanol–water partition coefficient (Wildman–Crippen LogP) is 1.67. The Morgan fingerprint density at radius 3 is 2.92 bits per heavy atom. The van der Waals surface area contributed by atoms with Gasteiger partial charge in [0.05, 0.1) is 17.9 Å². The monoisotopic (exact) mass is 174 g/mol. The molecule has 1 fully saturated rings. The van der Waals surface area contributed by atoms with Gasteiger partial charge in [-0.25, -0.2) is 0 Å². The van der Waals surface area contributed by atoms with Crippen molar-refractivity contribution in [2.75, 3.05) is 19.0 Å². The molecule has 1 atom stereocenters. The molecule has 1 aliphatic rings. The van der Waals surface area contributed by atoms with Crippen LogP contribution in [0.2, 0.25) is 0 Å². The van der Waals surface area contributed by atoms with Crippen molar-refractivity contribution in [1.29, 1.82) is 5.26 Å². The van der Waals surface area contributed by atoms with Crippen LogP contribution in [0.15, 0.2) is 18.2 Å². The summed E-state index contributed by atoms with van der Waals surface area (Å²) in [6, 6.07) is 7.93. The Morgan fingerprint density at radius 2 is 2.38 bits per heavy atom. The fraction of sp³-hybridized carbons (Fsp3) is 0.300. The summed E-state index contributed by atoms with van der Waals surface area (Å²) < 4.78 is 5.14. The van der Waals surface area contributed by atoms with Gasteiger partial charge in [0.2, 0.25) is 0 Å². The van der Waals surface area contributed by atoms with Crippen LogP contribution in [-0.2, 0) is 4.74 Å². The molecule has 2 rings (SSSR count). The lowest BCUT2D eigenvalue weighted by Gasteiger charge is -2.03. The van der Waals surface area contributed by atoms with Crippen molar-refractivity contribution in [3.63, 3.8) is 0 Å². The van der Waals surface area contributed by atoms with Gasteiger partial charge in [-0.05, 0) is 17.7 Å². The van der Waals surface area contributed by atoms with Gasteiger partial charge < -0.3 is 10.1 Å². The number of hydrogen-bond donors (Lipinski definition) is 1. The predicted molar refractivity (Wildman–Crippen MR) is 49.4 cm³/mol. The van der Waals surface area contributed by atoms with Crippen molar-refractivity contribution in [2.45, 2.75) is 6.10 Å². The second-order valence-electron chi connectivity index (χ2n) is 2.99. The summed E-state index contributed by atoms with van der Waals surface area (Å²) in [5.74, 6) is 0. The quantitative estimate of drug-likeness (QED) is 0.694. The summed E-state index contributed by atoms with van der Waals surface area (Å²) in [7, 11) is 1.81. The molecule has 0 saturated carbocycles. The average Bonchev–Trinajstić information content (AvgIpc) is 3.00. The normalized spacial score (nSPS) is 19.2. The lowest BCUT2D eigenvalue weighted by Crippen LogP contribution is -1.93. The van der Waals surface area contributed by atoms with Crippen LogP contribution in [0, 0.1) is 11.3 Å². The Bertz CT molecular complexity index is 364. The summed E-state index contributed by atoms with van der Waals surface area (Å²) in [5, 5.41) is 11.8. The van der Waals surface area contributed by atoms with E-state index in [0.29, 0.717) is 5.56 Å². The van der Waals surface area contributed by atoms with Gasteiger partial charge in [-0.15, -0.1) is 0 Å². The zero-order valence-electron chi connectivity index (χ0n) is 7.37. The van der Waals surface area contributed by atoms with Crippen LogP contribution in [0.4, 0.5) is 5.69 Å². The van der Waals surface area contributed by atoms with E-state index in [4.69, 9.17) is 10.00 Å². The third kappa shape index (κ3) is 1.49. The second kappa shape index (κ2) is 3.08. The van der Waals surface area contributed by atoms with E-state index in [1.165, 1.54) is 0 Å². The topological polar surface area (TPSA) is 48.3 Å². The molecule has 0 bridgehead atoms. The van der Waals surface area contributed by atoms with E-state index in [0.717, 1.165) is 17.9 Å². The number of rotatable bonds is 2. The van der Waals surface area contributed by atoms with Gasteiger partial charge in [0.15, 0.2) is 0 Å². The number of nitrogens with one attached hydrogen (secondary N) is 1. The fourth-order valence-electron chi connectivity index (χ4n) is 1.31. The van der Waals surface area contributed by atoms with Gasteiger partial charge in [0.1, 0.15) is 12.2 Å². The number of epoxide rings is 1. The number of hydrogen-bond acceptors (Lipinski definition) is 3. The molecule has 1 aromatic rings. The maximum absolute atomic E-state index is 8.85. The van der Waals surface area contributed by atoms with Gasteiger partial charge in [0.25, 0.3) is 0 Å². The molecular weight excluding hydrogens is 164 g/mol. The molecule has 1 N–H and O–H groups in total. The molecule has 3 heteroatoms. The van der Waals surface area contributed by atoms with Crippen molar-refractivity contribution >= 4 is 5.69 Å². The zero-order valence-corrected chi connectivity index (χ0v) is 7.37. The van der Waals surface area contributed by atoms with E-state index in [9.17, 15) is 0 Å². The third-order valence-corrected chi connectivity index (χ3v) is 2.14. The summed E-state index contributed by atoms with van der Waals surface area (Å²) >= 11 is 0. The molecule has 66 valence electrons. The first-order valence-electron chi connectivity index (χ1n) is 4.18. The first kappa shape index (κ1) is 8.09. The highest BCUT2D eigenvalue weighted by molar-refractivity contribution is 5.58. The van der Waals surface area contributed by atoms with Crippen LogP contribution in [0.1, 0.15) is 17.2 Å². The van der Waals surface area contributed by atoms with Gasteiger partial charge in [-0.2, -0.15) is 5.26 Å². The minimum atomic E-state index is 0.220. The Hall–Kier alpha value is -1.53. The van der Waals surface area contributed by atoms with E-state index < -0.39 is 0 Å². The number of benzene rings is 1. The van der Waals surface area contributed by atoms with Crippen molar-refractivity contribution in [2.24, 2.45) is 0 Å². The number of nitriles is 1. The van der Waals surface area contributed by atoms with E-state index in [-0.39, 0.29) is 6.10 Å². The van der Waals surface area contributed by atoms with E-state index in [2.05, 4.69) is 11.4 Å². The number of nitrogens with zero attached hydrogens (tertiary/aromatic N) is 1. The second-order valence-corrected chi connectivity index (χ2v) is 2.99. The minimum Gasteiger partial charge on any atom is -0.387 e. The molecular formula is C10H10N2O. The summed E-state index contributed by atoms with van der Waals surface area (Å²) in [6.07, 6.45) is 0.220. The highest BCUT2D eigenvalue weighted by atomic mass is 16.6. The average molecular weight is 174 g/mol. The summed E-state index contributed by atoms with van der Waals surface area (Å²) in [4.78, 5) is 0. The van der Waals surface area contributed by atoms with E-state index in [1.807, 2.05) is 25.2 Å². The van der Waals surface area contributed by atoms with Crippen molar-refractivity contribution in [3.05, 3.63) is 29.3 Å². The molecule has 1 heterocycles. The summed E-state index contributed by atoms with van der Waals surface area (Å²) in [5.41, 5.74) is 2.64. The van der Waals surface area contributed by atoms with Crippen molar-refractivity contribution in [3.8, 4) is 6.07 Å².